The number of amidine groups is 1. The molecule has 0 aliphatic carbocycles. The number of hydrogen-bond acceptors (Lipinski definition) is 6. The van der Waals surface area contributed by atoms with E-state index in [9.17, 15) is 18.4 Å². The third-order valence-electron chi connectivity index (χ3n) is 5.82. The van der Waals surface area contributed by atoms with Crippen molar-refractivity contribution in [3.8, 4) is 0 Å². The van der Waals surface area contributed by atoms with E-state index in [1.807, 2.05) is 0 Å². The van der Waals surface area contributed by atoms with Crippen molar-refractivity contribution in [3.63, 3.8) is 0 Å². The molecule has 2 heterocycles. The molecule has 0 saturated carbocycles. The number of nitrogens with one attached hydrogen (secondary N) is 1. The molecular formula is C21H21ClF2N4O2S. The molecule has 1 aliphatic heterocycles. The Morgan fingerprint density at radius 2 is 1.94 bits per heavy atom. The molecule has 10 heteroatoms. The summed E-state index contributed by atoms with van der Waals surface area (Å²) in [6.45, 7) is 6.46. The van der Waals surface area contributed by atoms with E-state index in [2.05, 4.69) is 15.3 Å². The highest BCUT2D eigenvalue weighted by atomic mass is 35.5. The number of Topliss-reactive ketones (excluding diaryl/α,β-unsaturated/α-hetero) is 1. The second-order valence-corrected chi connectivity index (χ2v) is 9.63. The largest absolute Gasteiger partial charge is 0.378 e. The van der Waals surface area contributed by atoms with Crippen molar-refractivity contribution in [1.29, 1.82) is 0 Å². The maximum absolute atomic E-state index is 15.0. The molecule has 0 unspecified atom stereocenters. The first kappa shape index (κ1) is 23.1. The third-order valence-corrected chi connectivity index (χ3v) is 7.41. The van der Waals surface area contributed by atoms with E-state index in [4.69, 9.17) is 17.3 Å². The average Bonchev–Trinajstić information content (AvgIpc) is 2.68. The van der Waals surface area contributed by atoms with Gasteiger partial charge in [0.15, 0.2) is 16.8 Å². The van der Waals surface area contributed by atoms with E-state index in [-0.39, 0.29) is 27.9 Å². The van der Waals surface area contributed by atoms with Gasteiger partial charge in [-0.25, -0.2) is 13.8 Å². The van der Waals surface area contributed by atoms with E-state index in [1.54, 1.807) is 20.8 Å². The first-order valence-corrected chi connectivity index (χ1v) is 10.6. The topological polar surface area (TPSA) is 97.4 Å². The summed E-state index contributed by atoms with van der Waals surface area (Å²) in [4.78, 5) is 33.1. The van der Waals surface area contributed by atoms with Crippen LogP contribution in [0.3, 0.4) is 0 Å². The number of anilines is 1. The summed E-state index contributed by atoms with van der Waals surface area (Å²) in [6.07, 6.45) is 1.30. The van der Waals surface area contributed by atoms with Gasteiger partial charge in [0, 0.05) is 29.4 Å². The number of nitrogens with two attached hydrogens (primary N) is 1. The molecule has 3 rings (SSSR count). The number of thioether (sulfide) groups is 1. The zero-order valence-electron chi connectivity index (χ0n) is 17.3. The van der Waals surface area contributed by atoms with Crippen LogP contribution in [0.4, 0.5) is 14.5 Å². The molecule has 0 saturated heterocycles. The number of aliphatic imine (C=N–C) groups is 1. The maximum Gasteiger partial charge on any atom is 0.274 e. The Hall–Kier alpha value is -2.52. The summed E-state index contributed by atoms with van der Waals surface area (Å²) in [5.74, 6) is -3.60. The first-order chi connectivity index (χ1) is 14.4. The van der Waals surface area contributed by atoms with Gasteiger partial charge in [-0.05, 0) is 39.0 Å². The van der Waals surface area contributed by atoms with Crippen LogP contribution >= 0.6 is 23.4 Å². The number of halogens is 3. The fourth-order valence-electron chi connectivity index (χ4n) is 3.60. The maximum atomic E-state index is 15.0. The van der Waals surface area contributed by atoms with Crippen LogP contribution in [-0.4, -0.2) is 26.6 Å². The minimum atomic E-state index is -1.35. The molecule has 6 nitrogen and oxygen atoms in total. The Labute approximate surface area is 187 Å². The Kier molecular flexibility index (Phi) is 6.12. The molecule has 1 aliphatic rings. The molecule has 2 aromatic rings. The van der Waals surface area contributed by atoms with E-state index in [0.717, 1.165) is 17.8 Å². The molecule has 3 atom stereocenters. The van der Waals surface area contributed by atoms with Crippen molar-refractivity contribution in [2.75, 3.05) is 5.32 Å². The zero-order chi connectivity index (χ0) is 23.1. The van der Waals surface area contributed by atoms with E-state index < -0.39 is 33.7 Å². The molecule has 3 N–H and O–H groups in total. The lowest BCUT2D eigenvalue weighted by molar-refractivity contribution is -0.120. The summed E-state index contributed by atoms with van der Waals surface area (Å²) in [5, 5.41) is 2.96. The van der Waals surface area contributed by atoms with Crippen LogP contribution in [-0.2, 0) is 10.3 Å². The predicted octanol–water partition coefficient (Wildman–Crippen LogP) is 4.53. The Morgan fingerprint density at radius 3 is 2.52 bits per heavy atom. The van der Waals surface area contributed by atoms with Gasteiger partial charge in [0.05, 0.1) is 15.3 Å². The normalized spacial score (nSPS) is 25.6. The van der Waals surface area contributed by atoms with Gasteiger partial charge in [-0.15, -0.1) is 0 Å². The van der Waals surface area contributed by atoms with Crippen molar-refractivity contribution in [3.05, 3.63) is 58.4 Å². The number of amides is 1. The average molecular weight is 467 g/mol. The quantitative estimate of drug-likeness (QED) is 0.690. The molecule has 1 amide bonds. The highest BCUT2D eigenvalue weighted by molar-refractivity contribution is 8.15. The summed E-state index contributed by atoms with van der Waals surface area (Å²) < 4.78 is 28.5. The monoisotopic (exact) mass is 466 g/mol. The minimum absolute atomic E-state index is 0.0144. The molecule has 0 bridgehead atoms. The third kappa shape index (κ3) is 4.16. The SMILES string of the molecule is CC(=O)[C@@]1(C)SC(N)=N[C@](C)(c2cc(NC(=O)c3ccc(Cl)cn3)cc(F)c2F)[C@@H]1C. The van der Waals surface area contributed by atoms with Crippen molar-refractivity contribution in [2.24, 2.45) is 16.6 Å². The van der Waals surface area contributed by atoms with Gasteiger partial charge in [0.25, 0.3) is 5.91 Å². The van der Waals surface area contributed by atoms with Crippen LogP contribution in [0, 0.1) is 17.6 Å². The lowest BCUT2D eigenvalue weighted by atomic mass is 9.72. The second kappa shape index (κ2) is 8.20. The van der Waals surface area contributed by atoms with E-state index in [1.165, 1.54) is 31.3 Å². The first-order valence-electron chi connectivity index (χ1n) is 9.36. The Bertz CT molecular complexity index is 1100. The van der Waals surface area contributed by atoms with Crippen LogP contribution in [0.5, 0.6) is 0 Å². The smallest absolute Gasteiger partial charge is 0.274 e. The highest BCUT2D eigenvalue weighted by Gasteiger charge is 2.52. The zero-order valence-corrected chi connectivity index (χ0v) is 18.9. The van der Waals surface area contributed by atoms with Crippen LogP contribution in [0.25, 0.3) is 0 Å². The lowest BCUT2D eigenvalue weighted by Crippen LogP contribution is -2.52. The second-order valence-electron chi connectivity index (χ2n) is 7.72. The standard InChI is InChI=1S/C21H21ClF2N4O2S/c1-10-20(3,28-19(25)31-21(10,4)11(2)29)14-7-13(8-15(23)17(14)24)27-18(30)16-6-5-12(22)9-26-16/h5-10H,1-4H3,(H2,25,28)(H,27,30)/t10-,20-,21-/m0/s1. The van der Waals surface area contributed by atoms with E-state index >= 15 is 0 Å². The van der Waals surface area contributed by atoms with Gasteiger partial charge in [-0.1, -0.05) is 30.3 Å². The summed E-state index contributed by atoms with van der Waals surface area (Å²) in [6, 6.07) is 5.07. The van der Waals surface area contributed by atoms with E-state index in [0.29, 0.717) is 5.02 Å². The number of nitrogens with zero attached hydrogens (tertiary/aromatic N) is 2. The molecule has 1 aromatic carbocycles. The number of ketones is 1. The van der Waals surface area contributed by atoms with Crippen LogP contribution in [0.2, 0.25) is 5.02 Å². The van der Waals surface area contributed by atoms with Crippen molar-refractivity contribution in [1.82, 2.24) is 4.98 Å². The fourth-order valence-corrected chi connectivity index (χ4v) is 4.93. The van der Waals surface area contributed by atoms with Crippen LogP contribution in [0.15, 0.2) is 35.5 Å². The molecular weight excluding hydrogens is 446 g/mol. The van der Waals surface area contributed by atoms with Gasteiger partial charge >= 0.3 is 0 Å². The summed E-state index contributed by atoms with van der Waals surface area (Å²) in [7, 11) is 0. The van der Waals surface area contributed by atoms with Crippen LogP contribution in [0.1, 0.15) is 43.7 Å². The summed E-state index contributed by atoms with van der Waals surface area (Å²) in [5.41, 5.74) is 4.58. The number of rotatable bonds is 4. The van der Waals surface area contributed by atoms with Crippen molar-refractivity contribution < 1.29 is 18.4 Å². The number of pyridine rings is 1. The van der Waals surface area contributed by atoms with Gasteiger partial charge in [-0.3, -0.25) is 14.6 Å². The number of benzene rings is 1. The highest BCUT2D eigenvalue weighted by Crippen LogP contribution is 2.51. The molecule has 164 valence electrons. The Morgan fingerprint density at radius 1 is 1.26 bits per heavy atom. The number of carbonyl (C=O) groups is 2. The lowest BCUT2D eigenvalue weighted by Gasteiger charge is -2.46. The fraction of sp³-hybridized carbons (Fsp3) is 0.333. The summed E-state index contributed by atoms with van der Waals surface area (Å²) >= 11 is 6.87. The predicted molar refractivity (Wildman–Crippen MR) is 118 cm³/mol. The number of carbonyl (C=O) groups excluding carboxylic acids is 2. The van der Waals surface area contributed by atoms with Gasteiger partial charge < -0.3 is 11.1 Å². The molecule has 0 fully saturated rings. The van der Waals surface area contributed by atoms with Crippen molar-refractivity contribution in [2.45, 2.75) is 38.0 Å². The number of aromatic nitrogens is 1. The van der Waals surface area contributed by atoms with Gasteiger partial charge in [0.2, 0.25) is 0 Å². The minimum Gasteiger partial charge on any atom is -0.378 e. The number of hydrogen-bond donors (Lipinski definition) is 2. The molecule has 0 spiro atoms. The van der Waals surface area contributed by atoms with Gasteiger partial charge in [-0.2, -0.15) is 0 Å². The molecule has 31 heavy (non-hydrogen) atoms. The Balaban J connectivity index is 2.06. The van der Waals surface area contributed by atoms with Crippen molar-refractivity contribution >= 4 is 45.9 Å². The van der Waals surface area contributed by atoms with Gasteiger partial charge in [0.1, 0.15) is 11.5 Å². The van der Waals surface area contributed by atoms with Crippen LogP contribution < -0.4 is 11.1 Å². The molecule has 0 radical (unpaired) electrons. The molecule has 1 aromatic heterocycles.